The number of halogens is 1. The molecular weight excluding hydrogens is 420 g/mol. The van der Waals surface area contributed by atoms with Gasteiger partial charge < -0.3 is 16.2 Å². The fraction of sp³-hybridized carbons (Fsp3) is 0.476. The second kappa shape index (κ2) is 7.70. The van der Waals surface area contributed by atoms with Crippen molar-refractivity contribution >= 4 is 32.9 Å². The maximum Gasteiger partial charge on any atom is 0.330 e. The lowest BCUT2D eigenvalue weighted by atomic mass is 9.86. The normalized spacial score (nSPS) is 19.5. The van der Waals surface area contributed by atoms with E-state index in [0.29, 0.717) is 12.5 Å². The van der Waals surface area contributed by atoms with E-state index in [0.717, 1.165) is 53.1 Å². The molecule has 2 aliphatic rings. The Hall–Kier alpha value is -2.15. The summed E-state index contributed by atoms with van der Waals surface area (Å²) in [6, 6.07) is 4.22. The van der Waals surface area contributed by atoms with Crippen LogP contribution in [-0.2, 0) is 13.6 Å². The van der Waals surface area contributed by atoms with Crippen molar-refractivity contribution in [2.45, 2.75) is 38.6 Å². The van der Waals surface area contributed by atoms with Crippen molar-refractivity contribution in [3.05, 3.63) is 44.9 Å². The predicted molar refractivity (Wildman–Crippen MR) is 116 cm³/mol. The number of aromatic nitrogens is 2. The number of anilines is 2. The Kier molecular flexibility index (Phi) is 5.27. The summed E-state index contributed by atoms with van der Waals surface area (Å²) >= 11 is 3.70. The summed E-state index contributed by atoms with van der Waals surface area (Å²) in [5, 5.41) is 13.2. The van der Waals surface area contributed by atoms with Crippen LogP contribution in [0.2, 0.25) is 0 Å². The third kappa shape index (κ3) is 3.85. The van der Waals surface area contributed by atoms with Gasteiger partial charge >= 0.3 is 5.69 Å². The Labute approximate surface area is 173 Å². The van der Waals surface area contributed by atoms with Crippen LogP contribution in [0, 0.1) is 11.8 Å². The molecule has 1 aromatic carbocycles. The topological polar surface area (TPSA) is 85.2 Å². The van der Waals surface area contributed by atoms with Crippen molar-refractivity contribution in [3.8, 4) is 5.88 Å². The van der Waals surface area contributed by atoms with Crippen molar-refractivity contribution in [1.82, 2.24) is 9.13 Å². The number of nitrogens with two attached hydrogens (primary N) is 1. The molecule has 1 aromatic heterocycles. The fourth-order valence-corrected chi connectivity index (χ4v) is 4.45. The van der Waals surface area contributed by atoms with Crippen LogP contribution in [0.3, 0.4) is 0 Å². The van der Waals surface area contributed by atoms with Gasteiger partial charge in [0.05, 0.1) is 22.0 Å². The molecule has 0 bridgehead atoms. The highest BCUT2D eigenvalue weighted by Gasteiger charge is 2.22. The smallest absolute Gasteiger partial charge is 0.330 e. The van der Waals surface area contributed by atoms with E-state index in [9.17, 15) is 9.90 Å². The van der Waals surface area contributed by atoms with E-state index >= 15 is 0 Å². The summed E-state index contributed by atoms with van der Waals surface area (Å²) in [6.07, 6.45) is 9.27. The zero-order valence-corrected chi connectivity index (χ0v) is 17.7. The predicted octanol–water partition coefficient (Wildman–Crippen LogP) is 3.94. The van der Waals surface area contributed by atoms with Crippen molar-refractivity contribution in [1.29, 1.82) is 0 Å². The summed E-state index contributed by atoms with van der Waals surface area (Å²) in [5.74, 6) is 1.19. The first-order chi connectivity index (χ1) is 13.4. The number of rotatable bonds is 6. The average Bonchev–Trinajstić information content (AvgIpc) is 3.49. The van der Waals surface area contributed by atoms with Gasteiger partial charge in [0.25, 0.3) is 0 Å². The van der Waals surface area contributed by atoms with Crippen LogP contribution < -0.4 is 16.7 Å². The van der Waals surface area contributed by atoms with Crippen molar-refractivity contribution in [2.24, 2.45) is 18.9 Å². The van der Waals surface area contributed by atoms with Crippen LogP contribution in [0.5, 0.6) is 5.88 Å². The number of hydrogen-bond donors (Lipinski definition) is 3. The molecule has 1 saturated carbocycles. The van der Waals surface area contributed by atoms with Crippen LogP contribution >= 0.6 is 15.9 Å². The highest BCUT2D eigenvalue weighted by atomic mass is 79.9. The van der Waals surface area contributed by atoms with E-state index in [2.05, 4.69) is 39.5 Å². The summed E-state index contributed by atoms with van der Waals surface area (Å²) in [6.45, 7) is 1.62. The molecule has 6 nitrogen and oxygen atoms in total. The van der Waals surface area contributed by atoms with Gasteiger partial charge in [0.1, 0.15) is 0 Å². The van der Waals surface area contributed by atoms with Gasteiger partial charge in [0.2, 0.25) is 5.88 Å². The van der Waals surface area contributed by atoms with Gasteiger partial charge in [-0.1, -0.05) is 12.1 Å². The van der Waals surface area contributed by atoms with Gasteiger partial charge in [-0.3, -0.25) is 9.13 Å². The SMILES string of the molecule is Cn1c(O)cn(CC2CC=C(c3ccc(NCC4CC4)c(N)c3Br)CC2)c1=O. The monoisotopic (exact) mass is 446 g/mol. The zero-order valence-electron chi connectivity index (χ0n) is 16.1. The molecule has 7 heteroatoms. The molecule has 4 rings (SSSR count). The number of benzene rings is 1. The number of nitrogen functional groups attached to an aromatic ring is 1. The molecule has 1 fully saturated rings. The Morgan fingerprint density at radius 1 is 1.29 bits per heavy atom. The van der Waals surface area contributed by atoms with Gasteiger partial charge in [0.15, 0.2) is 0 Å². The molecule has 0 spiro atoms. The Balaban J connectivity index is 1.44. The lowest BCUT2D eigenvalue weighted by Gasteiger charge is -2.23. The summed E-state index contributed by atoms with van der Waals surface area (Å²) in [4.78, 5) is 12.1. The van der Waals surface area contributed by atoms with E-state index in [1.165, 1.54) is 29.2 Å². The number of allylic oxidation sites excluding steroid dienone is 2. The average molecular weight is 447 g/mol. The third-order valence-electron chi connectivity index (χ3n) is 5.93. The minimum absolute atomic E-state index is 0.00633. The number of hydrogen-bond acceptors (Lipinski definition) is 4. The van der Waals surface area contributed by atoms with Gasteiger partial charge in [-0.05, 0) is 77.1 Å². The molecule has 1 unspecified atom stereocenters. The van der Waals surface area contributed by atoms with Crippen molar-refractivity contribution in [2.75, 3.05) is 17.6 Å². The number of nitrogens with zero attached hydrogens (tertiary/aromatic N) is 2. The molecule has 0 radical (unpaired) electrons. The molecular formula is C21H27BrN4O2. The first-order valence-electron chi connectivity index (χ1n) is 9.90. The molecule has 150 valence electrons. The Morgan fingerprint density at radius 2 is 2.07 bits per heavy atom. The highest BCUT2D eigenvalue weighted by Crippen LogP contribution is 2.40. The number of aromatic hydroxyl groups is 1. The van der Waals surface area contributed by atoms with Crippen LogP contribution in [0.25, 0.3) is 5.57 Å². The van der Waals surface area contributed by atoms with Gasteiger partial charge in [-0.2, -0.15) is 0 Å². The lowest BCUT2D eigenvalue weighted by Crippen LogP contribution is -2.25. The molecule has 2 aliphatic carbocycles. The highest BCUT2D eigenvalue weighted by molar-refractivity contribution is 9.10. The fourth-order valence-electron chi connectivity index (χ4n) is 3.85. The van der Waals surface area contributed by atoms with Gasteiger partial charge in [0, 0.05) is 20.1 Å². The standard InChI is InChI=1S/C21H27BrN4O2/c1-25-18(27)12-26(21(25)28)11-14-4-6-15(7-5-14)16-8-9-17(20(23)19(16)22)24-10-13-2-3-13/h6,8-9,12-14,24,27H,2-5,7,10-11,23H2,1H3. The van der Waals surface area contributed by atoms with E-state index in [4.69, 9.17) is 5.73 Å². The van der Waals surface area contributed by atoms with Crippen molar-refractivity contribution < 1.29 is 5.11 Å². The number of nitrogens with one attached hydrogen (secondary N) is 1. The molecule has 1 heterocycles. The van der Waals surface area contributed by atoms with Crippen LogP contribution in [0.1, 0.15) is 37.7 Å². The first kappa shape index (κ1) is 19.2. The number of imidazole rings is 1. The molecule has 2 aromatic rings. The first-order valence-corrected chi connectivity index (χ1v) is 10.7. The zero-order chi connectivity index (χ0) is 19.8. The quantitative estimate of drug-likeness (QED) is 0.586. The maximum absolute atomic E-state index is 12.1. The van der Waals surface area contributed by atoms with Crippen LogP contribution in [0.15, 0.2) is 33.7 Å². The second-order valence-electron chi connectivity index (χ2n) is 8.06. The molecule has 0 saturated heterocycles. The Bertz CT molecular complexity index is 972. The minimum Gasteiger partial charge on any atom is -0.493 e. The summed E-state index contributed by atoms with van der Waals surface area (Å²) < 4.78 is 3.83. The summed E-state index contributed by atoms with van der Waals surface area (Å²) in [5.41, 5.74) is 10.4. The van der Waals surface area contributed by atoms with E-state index < -0.39 is 0 Å². The molecule has 4 N–H and O–H groups in total. The summed E-state index contributed by atoms with van der Waals surface area (Å²) in [7, 11) is 1.58. The molecule has 0 aliphatic heterocycles. The third-order valence-corrected chi connectivity index (χ3v) is 6.78. The van der Waals surface area contributed by atoms with E-state index in [-0.39, 0.29) is 11.6 Å². The van der Waals surface area contributed by atoms with Gasteiger partial charge in [-0.15, -0.1) is 0 Å². The minimum atomic E-state index is -0.169. The maximum atomic E-state index is 12.1. The Morgan fingerprint density at radius 3 is 2.68 bits per heavy atom. The van der Waals surface area contributed by atoms with E-state index in [1.54, 1.807) is 11.6 Å². The lowest BCUT2D eigenvalue weighted by molar-refractivity contribution is 0.406. The molecule has 1 atom stereocenters. The van der Waals surface area contributed by atoms with Gasteiger partial charge in [-0.25, -0.2) is 4.79 Å². The molecule has 28 heavy (non-hydrogen) atoms. The van der Waals surface area contributed by atoms with Crippen LogP contribution in [0.4, 0.5) is 11.4 Å². The molecule has 0 amide bonds. The van der Waals surface area contributed by atoms with Crippen molar-refractivity contribution in [3.63, 3.8) is 0 Å². The second-order valence-corrected chi connectivity index (χ2v) is 8.86. The largest absolute Gasteiger partial charge is 0.493 e. The van der Waals surface area contributed by atoms with E-state index in [1.807, 2.05) is 0 Å². The van der Waals surface area contributed by atoms with Crippen LogP contribution in [-0.4, -0.2) is 20.8 Å².